The molecule has 1 aromatic carbocycles. The van der Waals surface area contributed by atoms with Crippen molar-refractivity contribution < 1.29 is 18.5 Å². The van der Waals surface area contributed by atoms with Gasteiger partial charge in [-0.2, -0.15) is 0 Å². The Hall–Kier alpha value is -2.85. The Labute approximate surface area is 164 Å². The van der Waals surface area contributed by atoms with Gasteiger partial charge >= 0.3 is 5.88 Å². The minimum absolute atomic E-state index is 0.161. The lowest BCUT2D eigenvalue weighted by Crippen LogP contribution is -2.38. The van der Waals surface area contributed by atoms with Crippen molar-refractivity contribution in [1.29, 1.82) is 0 Å². The van der Waals surface area contributed by atoms with E-state index in [0.29, 0.717) is 16.4 Å². The predicted molar refractivity (Wildman–Crippen MR) is 104 cm³/mol. The molecule has 0 aliphatic rings. The molecule has 1 amide bonds. The molecule has 0 saturated carbocycles. The van der Waals surface area contributed by atoms with Crippen LogP contribution in [0.5, 0.6) is 0 Å². The van der Waals surface area contributed by atoms with Crippen LogP contribution in [0, 0.1) is 15.9 Å². The molecule has 2 aromatic heterocycles. The van der Waals surface area contributed by atoms with Crippen LogP contribution in [0.4, 0.5) is 15.4 Å². The maximum atomic E-state index is 14.0. The number of carbonyl (C=O) groups excluding carboxylic acids is 1. The van der Waals surface area contributed by atoms with E-state index in [9.17, 15) is 19.3 Å². The fourth-order valence-corrected chi connectivity index (χ4v) is 3.76. The monoisotopic (exact) mass is 406 g/mol. The van der Waals surface area contributed by atoms with E-state index in [1.54, 1.807) is 12.1 Å². The maximum Gasteiger partial charge on any atom is 0.433 e. The molecule has 0 N–H and O–H groups in total. The van der Waals surface area contributed by atoms with Crippen molar-refractivity contribution in [3.8, 4) is 0 Å². The molecule has 0 fully saturated rings. The number of nitrogens with zero attached hydrogens (tertiary/aromatic N) is 4. The van der Waals surface area contributed by atoms with E-state index in [-0.39, 0.29) is 17.8 Å². The average molecular weight is 406 g/mol. The van der Waals surface area contributed by atoms with Gasteiger partial charge in [-0.1, -0.05) is 31.3 Å². The minimum atomic E-state index is -0.704. The molecule has 0 spiro atoms. The summed E-state index contributed by atoms with van der Waals surface area (Å²) in [7, 11) is 0. The lowest BCUT2D eigenvalue weighted by atomic mass is 10.3. The molecule has 0 bridgehead atoms. The topological polar surface area (TPSA) is 92.7 Å². The van der Waals surface area contributed by atoms with Crippen molar-refractivity contribution in [3.05, 3.63) is 52.0 Å². The number of likely N-dealkylation sites (N-methyl/N-ethyl adjacent to an activating group) is 1. The minimum Gasteiger partial charge on any atom is -0.395 e. The molecule has 0 aliphatic carbocycles. The highest BCUT2D eigenvalue weighted by atomic mass is 32.1. The van der Waals surface area contributed by atoms with Crippen molar-refractivity contribution in [2.24, 2.45) is 0 Å². The predicted octanol–water partition coefficient (Wildman–Crippen LogP) is 3.93. The summed E-state index contributed by atoms with van der Waals surface area (Å²) in [5.41, 5.74) is 0.188. The molecule has 0 unspecified atom stereocenters. The van der Waals surface area contributed by atoms with Gasteiger partial charge in [-0.3, -0.25) is 19.8 Å². The molecule has 0 radical (unpaired) electrons. The van der Waals surface area contributed by atoms with Crippen molar-refractivity contribution in [1.82, 2.24) is 9.88 Å². The van der Waals surface area contributed by atoms with E-state index in [2.05, 4.69) is 9.88 Å². The molecular weight excluding hydrogens is 387 g/mol. The standard InChI is InChI=1S/C18H19FN4O4S/c1-3-21(4-2)10-11-22(17(24)13-8-9-15(27-13)23(25)26)18-20-16-12(19)6-5-7-14(16)28-18/h5-9H,3-4,10-11H2,1-2H3. The third-order valence-electron chi connectivity index (χ3n) is 4.35. The van der Waals surface area contributed by atoms with Gasteiger partial charge in [-0.15, -0.1) is 0 Å². The van der Waals surface area contributed by atoms with Gasteiger partial charge in [-0.25, -0.2) is 9.37 Å². The number of hydrogen-bond acceptors (Lipinski definition) is 7. The SMILES string of the molecule is CCN(CC)CCN(C(=O)c1ccc([N+](=O)[O-])o1)c1nc2c(F)cccc2s1. The number of benzene rings is 1. The van der Waals surface area contributed by atoms with Crippen LogP contribution in [0.1, 0.15) is 24.4 Å². The number of furan rings is 1. The molecule has 3 aromatic rings. The second kappa shape index (κ2) is 8.44. The number of nitro groups is 1. The van der Waals surface area contributed by atoms with E-state index < -0.39 is 22.5 Å². The second-order valence-corrected chi connectivity index (χ2v) is 6.97. The number of carbonyl (C=O) groups is 1. The maximum absolute atomic E-state index is 14.0. The van der Waals surface area contributed by atoms with Gasteiger partial charge in [0.1, 0.15) is 16.3 Å². The van der Waals surface area contributed by atoms with Gasteiger partial charge in [0, 0.05) is 13.1 Å². The first-order chi connectivity index (χ1) is 13.4. The van der Waals surface area contributed by atoms with Crippen LogP contribution >= 0.6 is 11.3 Å². The second-order valence-electron chi connectivity index (χ2n) is 5.96. The quantitative estimate of drug-likeness (QED) is 0.416. The number of amides is 1. The third-order valence-corrected chi connectivity index (χ3v) is 5.39. The van der Waals surface area contributed by atoms with Crippen LogP contribution in [-0.4, -0.2) is 46.9 Å². The molecule has 0 saturated heterocycles. The summed E-state index contributed by atoms with van der Waals surface area (Å²) in [6.07, 6.45) is 0. The first kappa shape index (κ1) is 19.9. The molecule has 10 heteroatoms. The van der Waals surface area contributed by atoms with Crippen LogP contribution in [0.2, 0.25) is 0 Å². The van der Waals surface area contributed by atoms with Crippen LogP contribution in [0.3, 0.4) is 0 Å². The number of fused-ring (bicyclic) bond motifs is 1. The fourth-order valence-electron chi connectivity index (χ4n) is 2.76. The molecule has 0 atom stereocenters. The Bertz CT molecular complexity index is 999. The fraction of sp³-hybridized carbons (Fsp3) is 0.333. The van der Waals surface area contributed by atoms with Crippen LogP contribution in [0.25, 0.3) is 10.2 Å². The summed E-state index contributed by atoms with van der Waals surface area (Å²) in [6, 6.07) is 7.01. The van der Waals surface area contributed by atoms with Crippen LogP contribution in [-0.2, 0) is 0 Å². The number of hydrogen-bond donors (Lipinski definition) is 0. The molecule has 28 heavy (non-hydrogen) atoms. The van der Waals surface area contributed by atoms with Crippen molar-refractivity contribution in [2.45, 2.75) is 13.8 Å². The van der Waals surface area contributed by atoms with E-state index in [0.717, 1.165) is 19.2 Å². The Morgan fingerprint density at radius 3 is 2.61 bits per heavy atom. The highest BCUT2D eigenvalue weighted by Crippen LogP contribution is 2.31. The van der Waals surface area contributed by atoms with Gasteiger partial charge in [0.25, 0.3) is 5.91 Å². The first-order valence-electron chi connectivity index (χ1n) is 8.78. The number of rotatable bonds is 8. The summed E-state index contributed by atoms with van der Waals surface area (Å²) in [5, 5.41) is 11.2. The summed E-state index contributed by atoms with van der Waals surface area (Å²) in [4.78, 5) is 30.9. The van der Waals surface area contributed by atoms with E-state index in [1.807, 2.05) is 13.8 Å². The Morgan fingerprint density at radius 2 is 2.00 bits per heavy atom. The highest BCUT2D eigenvalue weighted by molar-refractivity contribution is 7.22. The van der Waals surface area contributed by atoms with Gasteiger partial charge in [0.15, 0.2) is 10.9 Å². The average Bonchev–Trinajstić information content (AvgIpc) is 3.33. The van der Waals surface area contributed by atoms with Gasteiger partial charge in [0.05, 0.1) is 10.8 Å². The van der Waals surface area contributed by atoms with Gasteiger partial charge in [-0.05, 0) is 31.3 Å². The van der Waals surface area contributed by atoms with E-state index >= 15 is 0 Å². The summed E-state index contributed by atoms with van der Waals surface area (Å²) in [5.74, 6) is -1.70. The lowest BCUT2D eigenvalue weighted by Gasteiger charge is -2.23. The van der Waals surface area contributed by atoms with Crippen molar-refractivity contribution in [2.75, 3.05) is 31.1 Å². The highest BCUT2D eigenvalue weighted by Gasteiger charge is 2.26. The molecule has 2 heterocycles. The third kappa shape index (κ3) is 4.02. The molecule has 0 aliphatic heterocycles. The van der Waals surface area contributed by atoms with Crippen LogP contribution < -0.4 is 4.90 Å². The summed E-state index contributed by atoms with van der Waals surface area (Å²) >= 11 is 1.18. The number of anilines is 1. The lowest BCUT2D eigenvalue weighted by molar-refractivity contribution is -0.402. The zero-order chi connectivity index (χ0) is 20.3. The first-order valence-corrected chi connectivity index (χ1v) is 9.59. The molecule has 148 valence electrons. The van der Waals surface area contributed by atoms with E-state index in [1.165, 1.54) is 28.4 Å². The van der Waals surface area contributed by atoms with Crippen LogP contribution in [0.15, 0.2) is 34.7 Å². The van der Waals surface area contributed by atoms with Gasteiger partial charge in [0.2, 0.25) is 0 Å². The number of para-hydroxylation sites is 1. The molecular formula is C18H19FN4O4S. The normalized spacial score (nSPS) is 11.3. The number of halogens is 1. The van der Waals surface area contributed by atoms with E-state index in [4.69, 9.17) is 4.42 Å². The van der Waals surface area contributed by atoms with Crippen molar-refractivity contribution >= 4 is 38.5 Å². The largest absolute Gasteiger partial charge is 0.433 e. The molecule has 3 rings (SSSR count). The zero-order valence-electron chi connectivity index (χ0n) is 15.4. The van der Waals surface area contributed by atoms with Gasteiger partial charge < -0.3 is 9.32 Å². The summed E-state index contributed by atoms with van der Waals surface area (Å²) in [6.45, 7) is 6.49. The number of aromatic nitrogens is 1. The Morgan fingerprint density at radius 1 is 1.25 bits per heavy atom. The smallest absolute Gasteiger partial charge is 0.395 e. The number of thiazole rings is 1. The Kier molecular flexibility index (Phi) is 6.00. The Balaban J connectivity index is 1.96. The zero-order valence-corrected chi connectivity index (χ0v) is 16.2. The molecule has 8 nitrogen and oxygen atoms in total. The summed E-state index contributed by atoms with van der Waals surface area (Å²) < 4.78 is 19.7. The van der Waals surface area contributed by atoms with Crippen molar-refractivity contribution in [3.63, 3.8) is 0 Å².